The molecule has 2 aromatic carbocycles. The Hall–Kier alpha value is -2.09. The van der Waals surface area contributed by atoms with Gasteiger partial charge in [0.1, 0.15) is 5.75 Å². The number of nitrogens with zero attached hydrogens (tertiary/aromatic N) is 1. The van der Waals surface area contributed by atoms with Crippen molar-refractivity contribution >= 4 is 27.5 Å². The third kappa shape index (κ3) is 5.29. The van der Waals surface area contributed by atoms with E-state index in [1.54, 1.807) is 31.2 Å². The minimum absolute atomic E-state index is 0.156. The van der Waals surface area contributed by atoms with E-state index >= 15 is 0 Å². The normalized spacial score (nSPS) is 15.8. The number of aryl methyl sites for hydroxylation is 1. The summed E-state index contributed by atoms with van der Waals surface area (Å²) in [7, 11) is -3.47. The van der Waals surface area contributed by atoms with Gasteiger partial charge < -0.3 is 10.1 Å². The van der Waals surface area contributed by atoms with Crippen LogP contribution in [0.5, 0.6) is 5.75 Å². The number of amides is 1. The molecular formula is C21H25ClN2O4S. The van der Waals surface area contributed by atoms with E-state index in [1.165, 1.54) is 10.4 Å². The summed E-state index contributed by atoms with van der Waals surface area (Å²) in [4.78, 5) is 12.5. The molecule has 0 bridgehead atoms. The van der Waals surface area contributed by atoms with Crippen LogP contribution in [-0.2, 0) is 14.8 Å². The van der Waals surface area contributed by atoms with Crippen molar-refractivity contribution in [3.05, 3.63) is 58.6 Å². The Morgan fingerprint density at radius 2 is 1.83 bits per heavy atom. The summed E-state index contributed by atoms with van der Waals surface area (Å²) in [5.74, 6) is 0.222. The number of benzene rings is 2. The zero-order valence-corrected chi connectivity index (χ0v) is 18.1. The topological polar surface area (TPSA) is 75.7 Å². The van der Waals surface area contributed by atoms with Gasteiger partial charge in [-0.05, 0) is 68.1 Å². The van der Waals surface area contributed by atoms with Crippen LogP contribution in [0.1, 0.15) is 36.9 Å². The second kappa shape index (κ2) is 9.15. The van der Waals surface area contributed by atoms with Gasteiger partial charge in [0, 0.05) is 18.1 Å². The molecule has 29 heavy (non-hydrogen) atoms. The number of carbonyl (C=O) groups excluding carboxylic acids is 1. The standard InChI is InChI=1S/C21H25ClN2O4S/c1-15-13-19(29(26,27)24-11-3-4-12-24)9-10-20(15)28-14-21(25)23-16(2)17-5-7-18(22)8-6-17/h5-10,13,16H,3-4,11-12,14H2,1-2H3,(H,23,25)/t16-/m0/s1. The Balaban J connectivity index is 1.59. The number of hydrogen-bond acceptors (Lipinski definition) is 4. The Morgan fingerprint density at radius 1 is 1.17 bits per heavy atom. The molecule has 6 nitrogen and oxygen atoms in total. The first-order valence-corrected chi connectivity index (χ1v) is 11.4. The van der Waals surface area contributed by atoms with Crippen molar-refractivity contribution in [1.82, 2.24) is 9.62 Å². The van der Waals surface area contributed by atoms with Crippen molar-refractivity contribution in [3.63, 3.8) is 0 Å². The predicted octanol–water partition coefficient (Wildman–Crippen LogP) is 3.69. The molecule has 0 spiro atoms. The molecule has 0 saturated carbocycles. The highest BCUT2D eigenvalue weighted by molar-refractivity contribution is 7.89. The van der Waals surface area contributed by atoms with Crippen molar-refractivity contribution in [2.45, 2.75) is 37.6 Å². The maximum absolute atomic E-state index is 12.7. The number of nitrogens with one attached hydrogen (secondary N) is 1. The Bertz CT molecular complexity index is 971. The van der Waals surface area contributed by atoms with Crippen LogP contribution in [0.2, 0.25) is 5.02 Å². The fourth-order valence-corrected chi connectivity index (χ4v) is 5.01. The Labute approximate surface area is 176 Å². The summed E-state index contributed by atoms with van der Waals surface area (Å²) < 4.78 is 32.4. The predicted molar refractivity (Wildman–Crippen MR) is 113 cm³/mol. The highest BCUT2D eigenvalue weighted by Crippen LogP contribution is 2.26. The van der Waals surface area contributed by atoms with Gasteiger partial charge in [0.25, 0.3) is 5.91 Å². The van der Waals surface area contributed by atoms with E-state index in [9.17, 15) is 13.2 Å². The molecular weight excluding hydrogens is 412 g/mol. The second-order valence-corrected chi connectivity index (χ2v) is 9.54. The van der Waals surface area contributed by atoms with E-state index in [0.717, 1.165) is 18.4 Å². The van der Waals surface area contributed by atoms with Crippen LogP contribution >= 0.6 is 11.6 Å². The van der Waals surface area contributed by atoms with Gasteiger partial charge in [0.2, 0.25) is 10.0 Å². The molecule has 1 N–H and O–H groups in total. The molecule has 3 rings (SSSR count). The smallest absolute Gasteiger partial charge is 0.258 e. The number of halogens is 1. The average molecular weight is 437 g/mol. The number of carbonyl (C=O) groups is 1. The zero-order chi connectivity index (χ0) is 21.0. The van der Waals surface area contributed by atoms with Crippen molar-refractivity contribution < 1.29 is 17.9 Å². The average Bonchev–Trinajstić information content (AvgIpc) is 3.23. The molecule has 156 valence electrons. The van der Waals surface area contributed by atoms with Crippen LogP contribution in [0.25, 0.3) is 0 Å². The number of sulfonamides is 1. The summed E-state index contributed by atoms with van der Waals surface area (Å²) in [6.45, 7) is 4.62. The summed E-state index contributed by atoms with van der Waals surface area (Å²) in [5, 5.41) is 3.51. The van der Waals surface area contributed by atoms with Crippen LogP contribution in [0.3, 0.4) is 0 Å². The number of rotatable bonds is 7. The maximum atomic E-state index is 12.7. The fraction of sp³-hybridized carbons (Fsp3) is 0.381. The summed E-state index contributed by atoms with van der Waals surface area (Å²) in [5.41, 5.74) is 1.61. The van der Waals surface area contributed by atoms with E-state index < -0.39 is 10.0 Å². The summed E-state index contributed by atoms with van der Waals surface area (Å²) >= 11 is 5.88. The number of ether oxygens (including phenoxy) is 1. The lowest BCUT2D eigenvalue weighted by atomic mass is 10.1. The van der Waals surface area contributed by atoms with Crippen LogP contribution in [0.4, 0.5) is 0 Å². The molecule has 0 radical (unpaired) electrons. The first-order valence-electron chi connectivity index (χ1n) is 9.56. The lowest BCUT2D eigenvalue weighted by Crippen LogP contribution is -2.31. The van der Waals surface area contributed by atoms with Gasteiger partial charge in [0.15, 0.2) is 6.61 Å². The minimum atomic E-state index is -3.47. The van der Waals surface area contributed by atoms with E-state index in [1.807, 2.05) is 19.1 Å². The first kappa shape index (κ1) is 21.6. The van der Waals surface area contributed by atoms with Gasteiger partial charge in [-0.2, -0.15) is 4.31 Å². The molecule has 2 aromatic rings. The van der Waals surface area contributed by atoms with E-state index in [4.69, 9.17) is 16.3 Å². The van der Waals surface area contributed by atoms with Gasteiger partial charge in [-0.3, -0.25) is 4.79 Å². The summed E-state index contributed by atoms with van der Waals surface area (Å²) in [6, 6.07) is 11.8. The minimum Gasteiger partial charge on any atom is -0.484 e. The van der Waals surface area contributed by atoms with Crippen LogP contribution in [-0.4, -0.2) is 38.3 Å². The molecule has 8 heteroatoms. The van der Waals surface area contributed by atoms with Gasteiger partial charge in [0.05, 0.1) is 10.9 Å². The van der Waals surface area contributed by atoms with E-state index in [0.29, 0.717) is 29.4 Å². The van der Waals surface area contributed by atoms with Gasteiger partial charge in [-0.25, -0.2) is 8.42 Å². The fourth-order valence-electron chi connectivity index (χ4n) is 3.28. The first-order chi connectivity index (χ1) is 13.8. The van der Waals surface area contributed by atoms with Crippen molar-refractivity contribution in [2.75, 3.05) is 19.7 Å². The van der Waals surface area contributed by atoms with Crippen LogP contribution < -0.4 is 10.1 Å². The van der Waals surface area contributed by atoms with Crippen molar-refractivity contribution in [3.8, 4) is 5.75 Å². The molecule has 1 amide bonds. The highest BCUT2D eigenvalue weighted by Gasteiger charge is 2.27. The molecule has 1 heterocycles. The quantitative estimate of drug-likeness (QED) is 0.718. The van der Waals surface area contributed by atoms with E-state index in [-0.39, 0.29) is 23.5 Å². The van der Waals surface area contributed by atoms with Crippen LogP contribution in [0, 0.1) is 6.92 Å². The monoisotopic (exact) mass is 436 g/mol. The maximum Gasteiger partial charge on any atom is 0.258 e. The Morgan fingerprint density at radius 3 is 2.45 bits per heavy atom. The zero-order valence-electron chi connectivity index (χ0n) is 16.5. The molecule has 1 atom stereocenters. The van der Waals surface area contributed by atoms with Gasteiger partial charge in [-0.1, -0.05) is 23.7 Å². The third-order valence-electron chi connectivity index (χ3n) is 4.96. The molecule has 0 aromatic heterocycles. The largest absolute Gasteiger partial charge is 0.484 e. The van der Waals surface area contributed by atoms with Gasteiger partial charge in [-0.15, -0.1) is 0 Å². The molecule has 1 fully saturated rings. The molecule has 1 aliphatic heterocycles. The van der Waals surface area contributed by atoms with Crippen molar-refractivity contribution in [2.24, 2.45) is 0 Å². The van der Waals surface area contributed by atoms with E-state index in [2.05, 4.69) is 5.32 Å². The lowest BCUT2D eigenvalue weighted by molar-refractivity contribution is -0.123. The molecule has 0 unspecified atom stereocenters. The number of hydrogen-bond donors (Lipinski definition) is 1. The highest BCUT2D eigenvalue weighted by atomic mass is 35.5. The van der Waals surface area contributed by atoms with Gasteiger partial charge >= 0.3 is 0 Å². The third-order valence-corrected chi connectivity index (χ3v) is 7.10. The second-order valence-electron chi connectivity index (χ2n) is 7.17. The SMILES string of the molecule is Cc1cc(S(=O)(=O)N2CCCC2)ccc1OCC(=O)N[C@@H](C)c1ccc(Cl)cc1. The molecule has 1 aliphatic rings. The summed E-state index contributed by atoms with van der Waals surface area (Å²) in [6.07, 6.45) is 1.78. The van der Waals surface area contributed by atoms with Crippen molar-refractivity contribution in [1.29, 1.82) is 0 Å². The molecule has 0 aliphatic carbocycles. The van der Waals surface area contributed by atoms with Crippen LogP contribution in [0.15, 0.2) is 47.4 Å². The molecule has 1 saturated heterocycles. The Kier molecular flexibility index (Phi) is 6.82. The lowest BCUT2D eigenvalue weighted by Gasteiger charge is -2.17.